The van der Waals surface area contributed by atoms with E-state index in [1.54, 1.807) is 0 Å². The molecule has 1 aromatic heterocycles. The molecule has 8 heteroatoms. The minimum atomic E-state index is 0. The van der Waals surface area contributed by atoms with Crippen LogP contribution in [0.25, 0.3) is 0 Å². The SMILES string of the molecule is Cc1nnc(CN=C(NC2CCCC2)NC(C)c2ccc(OCC(C)C)cc2)n1C.I. The molecular formula is C23H37IN6O. The number of hydrogen-bond acceptors (Lipinski definition) is 4. The molecule has 31 heavy (non-hydrogen) atoms. The van der Waals surface area contributed by atoms with Gasteiger partial charge >= 0.3 is 0 Å². The van der Waals surface area contributed by atoms with Crippen molar-refractivity contribution in [1.29, 1.82) is 0 Å². The van der Waals surface area contributed by atoms with E-state index >= 15 is 0 Å². The van der Waals surface area contributed by atoms with Crippen LogP contribution in [0.2, 0.25) is 0 Å². The summed E-state index contributed by atoms with van der Waals surface area (Å²) in [7, 11) is 1.98. The molecule has 1 heterocycles. The average Bonchev–Trinajstić information content (AvgIpc) is 3.35. The summed E-state index contributed by atoms with van der Waals surface area (Å²) < 4.78 is 7.78. The van der Waals surface area contributed by atoms with Crippen molar-refractivity contribution in [2.75, 3.05) is 6.61 Å². The normalized spacial score (nSPS) is 15.6. The number of benzene rings is 1. The molecule has 0 bridgehead atoms. The van der Waals surface area contributed by atoms with Gasteiger partial charge in [-0.25, -0.2) is 4.99 Å². The van der Waals surface area contributed by atoms with E-state index < -0.39 is 0 Å². The van der Waals surface area contributed by atoms with Gasteiger partial charge in [-0.2, -0.15) is 0 Å². The molecule has 1 aliphatic carbocycles. The zero-order valence-corrected chi connectivity index (χ0v) is 21.7. The van der Waals surface area contributed by atoms with E-state index in [2.05, 4.69) is 53.7 Å². The van der Waals surface area contributed by atoms with Crippen molar-refractivity contribution in [2.45, 2.75) is 72.0 Å². The van der Waals surface area contributed by atoms with Gasteiger partial charge in [0.15, 0.2) is 11.8 Å². The largest absolute Gasteiger partial charge is 0.493 e. The molecule has 1 fully saturated rings. The van der Waals surface area contributed by atoms with Crippen LogP contribution in [0.1, 0.15) is 69.7 Å². The predicted octanol–water partition coefficient (Wildman–Crippen LogP) is 4.52. The molecule has 0 amide bonds. The van der Waals surface area contributed by atoms with E-state index in [1.165, 1.54) is 31.2 Å². The number of aromatic nitrogens is 3. The van der Waals surface area contributed by atoms with E-state index in [1.807, 2.05) is 30.7 Å². The lowest BCUT2D eigenvalue weighted by Crippen LogP contribution is -2.43. The van der Waals surface area contributed by atoms with Gasteiger partial charge in [-0.1, -0.05) is 38.8 Å². The Labute approximate surface area is 203 Å². The summed E-state index contributed by atoms with van der Waals surface area (Å²) in [4.78, 5) is 4.81. The van der Waals surface area contributed by atoms with Crippen molar-refractivity contribution >= 4 is 29.9 Å². The van der Waals surface area contributed by atoms with Crippen LogP contribution in [0, 0.1) is 12.8 Å². The van der Waals surface area contributed by atoms with Crippen LogP contribution in [-0.4, -0.2) is 33.4 Å². The van der Waals surface area contributed by atoms with Gasteiger partial charge in [0.2, 0.25) is 0 Å². The quantitative estimate of drug-likeness (QED) is 0.293. The average molecular weight is 540 g/mol. The molecule has 1 unspecified atom stereocenters. The van der Waals surface area contributed by atoms with Gasteiger partial charge in [0.05, 0.1) is 12.6 Å². The Bertz CT molecular complexity index is 827. The lowest BCUT2D eigenvalue weighted by Gasteiger charge is -2.22. The molecule has 1 atom stereocenters. The van der Waals surface area contributed by atoms with Gasteiger partial charge in [0.1, 0.15) is 18.1 Å². The molecule has 7 nitrogen and oxygen atoms in total. The van der Waals surface area contributed by atoms with Crippen LogP contribution in [-0.2, 0) is 13.6 Å². The van der Waals surface area contributed by atoms with Crippen molar-refractivity contribution in [2.24, 2.45) is 18.0 Å². The van der Waals surface area contributed by atoms with E-state index in [9.17, 15) is 0 Å². The second kappa shape index (κ2) is 12.3. The number of nitrogens with zero attached hydrogens (tertiary/aromatic N) is 4. The van der Waals surface area contributed by atoms with Crippen LogP contribution < -0.4 is 15.4 Å². The highest BCUT2D eigenvalue weighted by atomic mass is 127. The number of ether oxygens (including phenoxy) is 1. The maximum Gasteiger partial charge on any atom is 0.192 e. The second-order valence-electron chi connectivity index (χ2n) is 8.65. The van der Waals surface area contributed by atoms with Gasteiger partial charge < -0.3 is 19.9 Å². The van der Waals surface area contributed by atoms with Gasteiger partial charge in [-0.05, 0) is 50.3 Å². The van der Waals surface area contributed by atoms with Crippen molar-refractivity contribution in [3.05, 3.63) is 41.5 Å². The van der Waals surface area contributed by atoms with Gasteiger partial charge in [-0.3, -0.25) is 0 Å². The van der Waals surface area contributed by atoms with Gasteiger partial charge in [-0.15, -0.1) is 34.2 Å². The first-order valence-electron chi connectivity index (χ1n) is 11.1. The molecule has 0 saturated heterocycles. The molecule has 172 valence electrons. The minimum absolute atomic E-state index is 0. The summed E-state index contributed by atoms with van der Waals surface area (Å²) in [6, 6.07) is 8.92. The molecule has 1 aliphatic rings. The second-order valence-corrected chi connectivity index (χ2v) is 8.65. The highest BCUT2D eigenvalue weighted by Gasteiger charge is 2.18. The molecule has 0 aliphatic heterocycles. The summed E-state index contributed by atoms with van der Waals surface area (Å²) in [5.74, 6) is 4.01. The third kappa shape index (κ3) is 7.66. The molecule has 1 saturated carbocycles. The van der Waals surface area contributed by atoms with Crippen molar-refractivity contribution < 1.29 is 4.74 Å². The summed E-state index contributed by atoms with van der Waals surface area (Å²) in [6.45, 7) is 9.64. The fraction of sp³-hybridized carbons (Fsp3) is 0.609. The molecule has 0 spiro atoms. The van der Waals surface area contributed by atoms with E-state index in [0.29, 0.717) is 18.5 Å². The maximum atomic E-state index is 5.80. The lowest BCUT2D eigenvalue weighted by atomic mass is 10.1. The number of aliphatic imine (C=N–C) groups is 1. The van der Waals surface area contributed by atoms with Crippen LogP contribution in [0.5, 0.6) is 5.75 Å². The minimum Gasteiger partial charge on any atom is -0.493 e. The zero-order valence-electron chi connectivity index (χ0n) is 19.4. The smallest absolute Gasteiger partial charge is 0.192 e. The number of nitrogens with one attached hydrogen (secondary N) is 2. The number of guanidine groups is 1. The standard InChI is InChI=1S/C23H36N6O.HI/c1-16(2)15-30-21-12-10-19(11-13-21)17(3)25-23(26-20-8-6-7-9-20)24-14-22-28-27-18(4)29(22)5;/h10-13,16-17,20H,6-9,14-15H2,1-5H3,(H2,24,25,26);1H. The number of hydrogen-bond donors (Lipinski definition) is 2. The molecule has 3 rings (SSSR count). The maximum absolute atomic E-state index is 5.80. The third-order valence-corrected chi connectivity index (χ3v) is 5.57. The van der Waals surface area contributed by atoms with Crippen LogP contribution in [0.3, 0.4) is 0 Å². The predicted molar refractivity (Wildman–Crippen MR) is 136 cm³/mol. The molecule has 1 aromatic carbocycles. The number of halogens is 1. The molecule has 2 N–H and O–H groups in total. The Balaban J connectivity index is 0.00000341. The Morgan fingerprint density at radius 2 is 1.84 bits per heavy atom. The topological polar surface area (TPSA) is 76.4 Å². The highest BCUT2D eigenvalue weighted by Crippen LogP contribution is 2.20. The van der Waals surface area contributed by atoms with E-state index in [-0.39, 0.29) is 30.0 Å². The third-order valence-electron chi connectivity index (χ3n) is 5.57. The van der Waals surface area contributed by atoms with Crippen molar-refractivity contribution in [1.82, 2.24) is 25.4 Å². The summed E-state index contributed by atoms with van der Waals surface area (Å²) >= 11 is 0. The summed E-state index contributed by atoms with van der Waals surface area (Å²) in [5, 5.41) is 15.5. The fourth-order valence-corrected chi connectivity index (χ4v) is 3.54. The molecular weight excluding hydrogens is 503 g/mol. The monoisotopic (exact) mass is 540 g/mol. The van der Waals surface area contributed by atoms with Crippen LogP contribution in [0.4, 0.5) is 0 Å². The Morgan fingerprint density at radius 3 is 2.42 bits per heavy atom. The zero-order chi connectivity index (χ0) is 21.5. The Kier molecular flexibility index (Phi) is 10.1. The number of aryl methyl sites for hydroxylation is 1. The van der Waals surface area contributed by atoms with E-state index in [4.69, 9.17) is 9.73 Å². The highest BCUT2D eigenvalue weighted by molar-refractivity contribution is 14.0. The fourth-order valence-electron chi connectivity index (χ4n) is 3.54. The van der Waals surface area contributed by atoms with Gasteiger partial charge in [0.25, 0.3) is 0 Å². The first-order valence-corrected chi connectivity index (χ1v) is 11.1. The molecule has 2 aromatic rings. The lowest BCUT2D eigenvalue weighted by molar-refractivity contribution is 0.271. The first-order chi connectivity index (χ1) is 14.4. The summed E-state index contributed by atoms with van der Waals surface area (Å²) in [5.41, 5.74) is 1.20. The van der Waals surface area contributed by atoms with E-state index in [0.717, 1.165) is 30.0 Å². The Hall–Kier alpha value is -1.84. The summed E-state index contributed by atoms with van der Waals surface area (Å²) in [6.07, 6.45) is 4.95. The van der Waals surface area contributed by atoms with Crippen molar-refractivity contribution in [3.8, 4) is 5.75 Å². The Morgan fingerprint density at radius 1 is 1.16 bits per heavy atom. The van der Waals surface area contributed by atoms with Crippen LogP contribution >= 0.6 is 24.0 Å². The van der Waals surface area contributed by atoms with Crippen molar-refractivity contribution in [3.63, 3.8) is 0 Å². The number of rotatable bonds is 8. The van der Waals surface area contributed by atoms with Crippen LogP contribution in [0.15, 0.2) is 29.3 Å². The van der Waals surface area contributed by atoms with Gasteiger partial charge in [0, 0.05) is 13.1 Å². The first kappa shape index (κ1) is 25.4. The molecule has 0 radical (unpaired) electrons.